The van der Waals surface area contributed by atoms with Crippen LogP contribution in [0.3, 0.4) is 0 Å². The molecular formula is C22H19O2P. The quantitative estimate of drug-likeness (QED) is 0.578. The van der Waals surface area contributed by atoms with E-state index in [-0.39, 0.29) is 0 Å². The van der Waals surface area contributed by atoms with Crippen LogP contribution in [0.5, 0.6) is 0 Å². The normalized spacial score (nSPS) is 19.1. The van der Waals surface area contributed by atoms with Gasteiger partial charge in [0.25, 0.3) is 7.37 Å². The predicted octanol–water partition coefficient (Wildman–Crippen LogP) is 5.56. The van der Waals surface area contributed by atoms with E-state index < -0.39 is 7.37 Å². The van der Waals surface area contributed by atoms with Gasteiger partial charge in [0.05, 0.1) is 11.9 Å². The molecule has 0 N–H and O–H groups in total. The molecule has 1 atom stereocenters. The molecule has 3 aromatic carbocycles. The molecule has 1 aliphatic rings. The van der Waals surface area contributed by atoms with Crippen LogP contribution in [-0.4, -0.2) is 6.61 Å². The van der Waals surface area contributed by atoms with Crippen molar-refractivity contribution in [2.24, 2.45) is 0 Å². The van der Waals surface area contributed by atoms with E-state index in [4.69, 9.17) is 4.52 Å². The minimum absolute atomic E-state index is 0.407. The third kappa shape index (κ3) is 2.59. The van der Waals surface area contributed by atoms with Crippen molar-refractivity contribution in [2.45, 2.75) is 6.92 Å². The summed E-state index contributed by atoms with van der Waals surface area (Å²) in [5.41, 5.74) is 4.03. The van der Waals surface area contributed by atoms with E-state index >= 15 is 0 Å². The third-order valence-electron chi connectivity index (χ3n) is 4.44. The van der Waals surface area contributed by atoms with E-state index in [2.05, 4.69) is 12.1 Å². The van der Waals surface area contributed by atoms with Gasteiger partial charge in [0.15, 0.2) is 0 Å². The van der Waals surface area contributed by atoms with Crippen LogP contribution < -0.4 is 5.30 Å². The van der Waals surface area contributed by atoms with Crippen LogP contribution in [-0.2, 0) is 9.09 Å². The molecule has 2 nitrogen and oxygen atoms in total. The van der Waals surface area contributed by atoms with Crippen molar-refractivity contribution in [2.75, 3.05) is 6.61 Å². The summed E-state index contributed by atoms with van der Waals surface area (Å²) in [6.45, 7) is 2.30. The molecule has 0 aliphatic carbocycles. The van der Waals surface area contributed by atoms with Crippen LogP contribution in [0.25, 0.3) is 10.9 Å². The lowest BCUT2D eigenvalue weighted by atomic mass is 9.96. The molecule has 0 fully saturated rings. The van der Waals surface area contributed by atoms with E-state index in [1.807, 2.05) is 79.7 Å². The molecule has 0 spiro atoms. The Balaban J connectivity index is 2.10. The number of hydrogen-bond donors (Lipinski definition) is 0. The highest BCUT2D eigenvalue weighted by Crippen LogP contribution is 2.66. The smallest absolute Gasteiger partial charge is 0.263 e. The Morgan fingerprint density at radius 1 is 0.760 bits per heavy atom. The van der Waals surface area contributed by atoms with Crippen molar-refractivity contribution in [1.82, 2.24) is 0 Å². The van der Waals surface area contributed by atoms with Crippen molar-refractivity contribution in [3.63, 3.8) is 0 Å². The number of fused-ring (bicyclic) bond motifs is 1. The minimum atomic E-state index is -3.13. The van der Waals surface area contributed by atoms with Gasteiger partial charge in [-0.2, -0.15) is 0 Å². The molecule has 0 saturated carbocycles. The molecule has 0 bridgehead atoms. The Hall–Kier alpha value is -2.41. The summed E-state index contributed by atoms with van der Waals surface area (Å²) in [6.07, 6.45) is 0. The maximum absolute atomic E-state index is 14.1. The lowest BCUT2D eigenvalue weighted by Crippen LogP contribution is -2.07. The monoisotopic (exact) mass is 346 g/mol. The van der Waals surface area contributed by atoms with Gasteiger partial charge in [0, 0.05) is 10.9 Å². The van der Waals surface area contributed by atoms with Crippen molar-refractivity contribution >= 4 is 23.6 Å². The first-order valence-electron chi connectivity index (χ1n) is 8.46. The summed E-state index contributed by atoms with van der Waals surface area (Å²) in [5, 5.41) is 1.61. The molecular weight excluding hydrogens is 327 g/mol. The maximum Gasteiger partial charge on any atom is 0.263 e. The third-order valence-corrected chi connectivity index (χ3v) is 7.16. The zero-order chi connectivity index (χ0) is 17.3. The molecule has 4 rings (SSSR count). The molecule has 124 valence electrons. The van der Waals surface area contributed by atoms with Crippen molar-refractivity contribution < 1.29 is 9.09 Å². The van der Waals surface area contributed by atoms with E-state index in [1.54, 1.807) is 0 Å². The van der Waals surface area contributed by atoms with Gasteiger partial charge in [-0.05, 0) is 29.7 Å². The SMILES string of the molecule is CCO[P@@]1(=O)C(c2ccccc2)=C(c2ccccc2)c2ccccc21. The highest BCUT2D eigenvalue weighted by molar-refractivity contribution is 7.78. The molecule has 3 aromatic rings. The topological polar surface area (TPSA) is 26.3 Å². The van der Waals surface area contributed by atoms with Gasteiger partial charge in [0.1, 0.15) is 0 Å². The molecule has 0 unspecified atom stereocenters. The van der Waals surface area contributed by atoms with Gasteiger partial charge in [-0.1, -0.05) is 78.9 Å². The lowest BCUT2D eigenvalue weighted by molar-refractivity contribution is 0.349. The Morgan fingerprint density at radius 2 is 1.32 bits per heavy atom. The van der Waals surface area contributed by atoms with E-state index in [0.29, 0.717) is 6.61 Å². The summed E-state index contributed by atoms with van der Waals surface area (Å²) >= 11 is 0. The Labute approximate surface area is 148 Å². The summed E-state index contributed by atoms with van der Waals surface area (Å²) in [7, 11) is -3.13. The van der Waals surface area contributed by atoms with Crippen LogP contribution in [0, 0.1) is 0 Å². The molecule has 0 amide bonds. The first-order chi connectivity index (χ1) is 12.3. The minimum Gasteiger partial charge on any atom is -0.322 e. The van der Waals surface area contributed by atoms with Crippen LogP contribution in [0.4, 0.5) is 0 Å². The number of rotatable bonds is 4. The summed E-state index contributed by atoms with van der Waals surface area (Å²) in [5.74, 6) is 0. The molecule has 1 aliphatic heterocycles. The summed E-state index contributed by atoms with van der Waals surface area (Å²) in [6, 6.07) is 28.0. The zero-order valence-electron chi connectivity index (χ0n) is 14.1. The van der Waals surface area contributed by atoms with Crippen LogP contribution in [0.2, 0.25) is 0 Å². The van der Waals surface area contributed by atoms with Gasteiger partial charge in [-0.3, -0.25) is 4.57 Å². The first-order valence-corrected chi connectivity index (χ1v) is 10.1. The number of benzene rings is 3. The fourth-order valence-corrected chi connectivity index (χ4v) is 6.15. The maximum atomic E-state index is 14.1. The lowest BCUT2D eigenvalue weighted by Gasteiger charge is -2.18. The predicted molar refractivity (Wildman–Crippen MR) is 104 cm³/mol. The standard InChI is InChI=1S/C22H19O2P/c1-2-24-25(23)20-16-10-9-15-19(20)21(17-11-5-3-6-12-17)22(25)18-13-7-4-8-14-18/h3-16H,2H2,1H3/t25-/m1/s1. The van der Waals surface area contributed by atoms with Gasteiger partial charge in [-0.25, -0.2) is 0 Å². The van der Waals surface area contributed by atoms with Crippen LogP contribution in [0.15, 0.2) is 84.9 Å². The van der Waals surface area contributed by atoms with Gasteiger partial charge in [-0.15, -0.1) is 0 Å². The van der Waals surface area contributed by atoms with Crippen LogP contribution >= 0.6 is 7.37 Å². The molecule has 1 heterocycles. The molecule has 3 heteroatoms. The summed E-state index contributed by atoms with van der Waals surface area (Å²) < 4.78 is 20.0. The second-order valence-electron chi connectivity index (χ2n) is 5.94. The van der Waals surface area contributed by atoms with Crippen molar-refractivity contribution in [3.8, 4) is 0 Å². The molecule has 0 saturated heterocycles. The molecule has 0 aromatic heterocycles. The second-order valence-corrected chi connectivity index (χ2v) is 8.23. The highest BCUT2D eigenvalue weighted by atomic mass is 31.2. The highest BCUT2D eigenvalue weighted by Gasteiger charge is 2.42. The zero-order valence-corrected chi connectivity index (χ0v) is 14.9. The van der Waals surface area contributed by atoms with Crippen LogP contribution in [0.1, 0.15) is 23.6 Å². The van der Waals surface area contributed by atoms with Gasteiger partial charge >= 0.3 is 0 Å². The second kappa shape index (κ2) is 6.48. The molecule has 25 heavy (non-hydrogen) atoms. The van der Waals surface area contributed by atoms with Crippen molar-refractivity contribution in [1.29, 1.82) is 0 Å². The fourth-order valence-electron chi connectivity index (χ4n) is 3.46. The largest absolute Gasteiger partial charge is 0.322 e. The Kier molecular flexibility index (Phi) is 4.17. The average molecular weight is 346 g/mol. The van der Waals surface area contributed by atoms with Crippen molar-refractivity contribution in [3.05, 3.63) is 102 Å². The van der Waals surface area contributed by atoms with Gasteiger partial charge < -0.3 is 4.52 Å². The van der Waals surface area contributed by atoms with Gasteiger partial charge in [0.2, 0.25) is 0 Å². The first kappa shape index (κ1) is 16.1. The fraction of sp³-hybridized carbons (Fsp3) is 0.0909. The Bertz CT molecular complexity index is 975. The number of hydrogen-bond acceptors (Lipinski definition) is 2. The van der Waals surface area contributed by atoms with E-state index in [1.165, 1.54) is 0 Å². The molecule has 0 radical (unpaired) electrons. The van der Waals surface area contributed by atoms with E-state index in [9.17, 15) is 4.57 Å². The Morgan fingerprint density at radius 3 is 1.96 bits per heavy atom. The van der Waals surface area contributed by atoms with E-state index in [0.717, 1.165) is 32.9 Å². The summed E-state index contributed by atoms with van der Waals surface area (Å²) in [4.78, 5) is 0. The average Bonchev–Trinajstić information content (AvgIpc) is 2.93.